The number of ether oxygens (including phenoxy) is 2. The topological polar surface area (TPSA) is 81.7 Å². The van der Waals surface area contributed by atoms with E-state index in [1.807, 2.05) is 30.3 Å². The Labute approximate surface area is 173 Å². The molecule has 0 bridgehead atoms. The van der Waals surface area contributed by atoms with Crippen LogP contribution < -0.4 is 5.32 Å². The van der Waals surface area contributed by atoms with Gasteiger partial charge >= 0.3 is 11.9 Å². The zero-order valence-electron chi connectivity index (χ0n) is 16.3. The Kier molecular flexibility index (Phi) is 5.30. The second kappa shape index (κ2) is 8.21. The molecule has 1 atom stereocenters. The van der Waals surface area contributed by atoms with Crippen LogP contribution in [-0.4, -0.2) is 25.0 Å². The Balaban J connectivity index is 1.60. The molecule has 1 aliphatic rings. The lowest BCUT2D eigenvalue weighted by Gasteiger charge is -2.25. The van der Waals surface area contributed by atoms with Crippen molar-refractivity contribution in [3.05, 3.63) is 101 Å². The Hall–Kier alpha value is -3.93. The maximum absolute atomic E-state index is 12.8. The molecule has 150 valence electrons. The van der Waals surface area contributed by atoms with Crippen molar-refractivity contribution in [1.29, 1.82) is 0 Å². The van der Waals surface area contributed by atoms with Gasteiger partial charge in [-0.1, -0.05) is 42.5 Å². The summed E-state index contributed by atoms with van der Waals surface area (Å²) >= 11 is 0. The fourth-order valence-corrected chi connectivity index (χ4v) is 3.47. The van der Waals surface area contributed by atoms with Crippen LogP contribution in [0.2, 0.25) is 0 Å². The number of hydrogen-bond donors (Lipinski definition) is 1. The molecular formula is C24H19NO5. The predicted octanol–water partition coefficient (Wildman–Crippen LogP) is 4.18. The second-order valence-corrected chi connectivity index (χ2v) is 6.87. The number of para-hydroxylation sites is 1. The summed E-state index contributed by atoms with van der Waals surface area (Å²) in [5.74, 6) is -1.33. The van der Waals surface area contributed by atoms with Gasteiger partial charge in [0.1, 0.15) is 6.10 Å². The summed E-state index contributed by atoms with van der Waals surface area (Å²) in [4.78, 5) is 37.2. The van der Waals surface area contributed by atoms with Crippen molar-refractivity contribution in [3.63, 3.8) is 0 Å². The highest BCUT2D eigenvalue weighted by Crippen LogP contribution is 2.31. The first-order valence-corrected chi connectivity index (χ1v) is 9.44. The van der Waals surface area contributed by atoms with Gasteiger partial charge in [0.15, 0.2) is 0 Å². The number of nitrogens with one attached hydrogen (secondary N) is 1. The van der Waals surface area contributed by atoms with Crippen LogP contribution in [0, 0.1) is 0 Å². The number of fused-ring (bicyclic) bond motifs is 1. The number of cyclic esters (lactones) is 1. The number of anilines is 1. The molecule has 0 spiro atoms. The van der Waals surface area contributed by atoms with Crippen LogP contribution in [0.15, 0.2) is 72.8 Å². The third-order valence-electron chi connectivity index (χ3n) is 4.99. The standard InChI is InChI=1S/C24H19NO5/c1-29-23(27)19-9-5-6-10-20(19)25-22(26)16-11-12-18-17(13-16)14-21(30-24(18)28)15-7-3-2-4-8-15/h2-13,21H,14H2,1H3,(H,25,26)/t21-/m1/s1. The van der Waals surface area contributed by atoms with E-state index in [0.29, 0.717) is 23.2 Å². The van der Waals surface area contributed by atoms with Crippen LogP contribution in [0.25, 0.3) is 0 Å². The van der Waals surface area contributed by atoms with Crippen molar-refractivity contribution in [3.8, 4) is 0 Å². The number of hydrogen-bond acceptors (Lipinski definition) is 5. The molecule has 1 aliphatic heterocycles. The van der Waals surface area contributed by atoms with Crippen molar-refractivity contribution < 1.29 is 23.9 Å². The highest BCUT2D eigenvalue weighted by atomic mass is 16.5. The zero-order chi connectivity index (χ0) is 21.1. The van der Waals surface area contributed by atoms with E-state index < -0.39 is 18.0 Å². The normalized spacial score (nSPS) is 15.0. The summed E-state index contributed by atoms with van der Waals surface area (Å²) in [6.07, 6.45) is 0.0786. The molecule has 0 saturated carbocycles. The average Bonchev–Trinajstić information content (AvgIpc) is 2.79. The second-order valence-electron chi connectivity index (χ2n) is 6.87. The van der Waals surface area contributed by atoms with Crippen molar-refractivity contribution in [2.45, 2.75) is 12.5 Å². The first-order chi connectivity index (χ1) is 14.6. The maximum Gasteiger partial charge on any atom is 0.339 e. The van der Waals surface area contributed by atoms with Gasteiger partial charge in [0.25, 0.3) is 5.91 Å². The Bertz CT molecular complexity index is 1120. The summed E-state index contributed by atoms with van der Waals surface area (Å²) in [6, 6.07) is 21.0. The third kappa shape index (κ3) is 3.80. The highest BCUT2D eigenvalue weighted by Gasteiger charge is 2.28. The van der Waals surface area contributed by atoms with Crippen LogP contribution in [0.1, 0.15) is 48.3 Å². The maximum atomic E-state index is 12.8. The van der Waals surface area contributed by atoms with E-state index in [0.717, 1.165) is 11.1 Å². The van der Waals surface area contributed by atoms with Gasteiger partial charge in [-0.15, -0.1) is 0 Å². The van der Waals surface area contributed by atoms with Crippen LogP contribution in [0.4, 0.5) is 5.69 Å². The predicted molar refractivity (Wildman–Crippen MR) is 110 cm³/mol. The molecule has 4 rings (SSSR count). The molecule has 0 aromatic heterocycles. The molecule has 1 amide bonds. The van der Waals surface area contributed by atoms with Crippen molar-refractivity contribution in [1.82, 2.24) is 0 Å². The van der Waals surface area contributed by atoms with E-state index in [4.69, 9.17) is 9.47 Å². The number of esters is 2. The van der Waals surface area contributed by atoms with E-state index in [1.54, 1.807) is 42.5 Å². The minimum absolute atomic E-state index is 0.263. The van der Waals surface area contributed by atoms with Gasteiger partial charge in [-0.2, -0.15) is 0 Å². The number of carbonyl (C=O) groups is 3. The van der Waals surface area contributed by atoms with E-state index in [1.165, 1.54) is 7.11 Å². The fourth-order valence-electron chi connectivity index (χ4n) is 3.47. The van der Waals surface area contributed by atoms with Gasteiger partial charge in [0.2, 0.25) is 0 Å². The minimum atomic E-state index is -0.537. The van der Waals surface area contributed by atoms with E-state index >= 15 is 0 Å². The third-order valence-corrected chi connectivity index (χ3v) is 4.99. The van der Waals surface area contributed by atoms with Gasteiger partial charge < -0.3 is 14.8 Å². The van der Waals surface area contributed by atoms with Crippen molar-refractivity contribution >= 4 is 23.5 Å². The smallest absolute Gasteiger partial charge is 0.339 e. The van der Waals surface area contributed by atoms with E-state index in [-0.39, 0.29) is 11.5 Å². The molecule has 6 heteroatoms. The quantitative estimate of drug-likeness (QED) is 0.664. The lowest BCUT2D eigenvalue weighted by molar-refractivity contribution is 0.0252. The average molecular weight is 401 g/mol. The van der Waals surface area contributed by atoms with Crippen LogP contribution >= 0.6 is 0 Å². The van der Waals surface area contributed by atoms with Crippen LogP contribution in [-0.2, 0) is 15.9 Å². The van der Waals surface area contributed by atoms with Gasteiger partial charge in [-0.05, 0) is 41.5 Å². The molecule has 0 aliphatic carbocycles. The Morgan fingerprint density at radius 1 is 1.00 bits per heavy atom. The number of methoxy groups -OCH3 is 1. The van der Waals surface area contributed by atoms with Gasteiger partial charge in [-0.25, -0.2) is 9.59 Å². The van der Waals surface area contributed by atoms with Gasteiger partial charge in [0, 0.05) is 12.0 Å². The first kappa shape index (κ1) is 19.4. The minimum Gasteiger partial charge on any atom is -0.465 e. The number of rotatable bonds is 4. The molecule has 1 N–H and O–H groups in total. The lowest BCUT2D eigenvalue weighted by atomic mass is 9.93. The first-order valence-electron chi connectivity index (χ1n) is 9.44. The van der Waals surface area contributed by atoms with E-state index in [2.05, 4.69) is 5.32 Å². The lowest BCUT2D eigenvalue weighted by Crippen LogP contribution is -2.23. The summed E-state index contributed by atoms with van der Waals surface area (Å²) in [5, 5.41) is 2.75. The molecule has 0 fully saturated rings. The molecule has 0 saturated heterocycles. The van der Waals surface area contributed by atoms with Crippen LogP contribution in [0.5, 0.6) is 0 Å². The van der Waals surface area contributed by atoms with Crippen molar-refractivity contribution in [2.75, 3.05) is 12.4 Å². The molecule has 30 heavy (non-hydrogen) atoms. The monoisotopic (exact) mass is 401 g/mol. The number of amides is 1. The largest absolute Gasteiger partial charge is 0.465 e. The Morgan fingerprint density at radius 3 is 2.50 bits per heavy atom. The summed E-state index contributed by atoms with van der Waals surface area (Å²) < 4.78 is 10.3. The van der Waals surface area contributed by atoms with Gasteiger partial charge in [-0.3, -0.25) is 4.79 Å². The fraction of sp³-hybridized carbons (Fsp3) is 0.125. The molecular weight excluding hydrogens is 382 g/mol. The number of carbonyl (C=O) groups excluding carboxylic acids is 3. The summed E-state index contributed by atoms with van der Waals surface area (Å²) in [7, 11) is 1.28. The highest BCUT2D eigenvalue weighted by molar-refractivity contribution is 6.08. The molecule has 6 nitrogen and oxygen atoms in total. The Morgan fingerprint density at radius 2 is 1.73 bits per heavy atom. The molecule has 1 heterocycles. The zero-order valence-corrected chi connectivity index (χ0v) is 16.3. The van der Waals surface area contributed by atoms with Gasteiger partial charge in [0.05, 0.1) is 23.9 Å². The van der Waals surface area contributed by atoms with Crippen LogP contribution in [0.3, 0.4) is 0 Å². The summed E-state index contributed by atoms with van der Waals surface area (Å²) in [6.45, 7) is 0. The molecule has 3 aromatic carbocycles. The molecule has 0 radical (unpaired) electrons. The number of benzene rings is 3. The molecule has 0 unspecified atom stereocenters. The molecule has 3 aromatic rings. The van der Waals surface area contributed by atoms with Crippen molar-refractivity contribution in [2.24, 2.45) is 0 Å². The van der Waals surface area contributed by atoms with E-state index in [9.17, 15) is 14.4 Å². The SMILES string of the molecule is COC(=O)c1ccccc1NC(=O)c1ccc2c(c1)C[C@H](c1ccccc1)OC2=O. The summed E-state index contributed by atoms with van der Waals surface area (Å²) in [5.41, 5.74) is 3.10.